The van der Waals surface area contributed by atoms with E-state index in [1.165, 1.54) is 17.4 Å². The maximum atomic E-state index is 13.3. The summed E-state index contributed by atoms with van der Waals surface area (Å²) in [6, 6.07) is 6.22. The predicted octanol–water partition coefficient (Wildman–Crippen LogP) is 1.72. The van der Waals surface area contributed by atoms with Crippen LogP contribution in [0.4, 0.5) is 9.52 Å². The van der Waals surface area contributed by atoms with Crippen molar-refractivity contribution in [3.8, 4) is 0 Å². The molecule has 0 fully saturated rings. The first-order chi connectivity index (χ1) is 8.65. The van der Waals surface area contributed by atoms with Gasteiger partial charge in [-0.2, -0.15) is 0 Å². The zero-order valence-electron chi connectivity index (χ0n) is 9.52. The molecule has 0 radical (unpaired) electrons. The highest BCUT2D eigenvalue weighted by atomic mass is 32.1. The summed E-state index contributed by atoms with van der Waals surface area (Å²) in [6.07, 6.45) is 0.0201. The standard InChI is InChI=1S/C12H12FN3OS/c13-10-4-2-1-3-8(10)5-11(17)15-6-9-7-18-12(14)16-9/h1-4,7H,5-6H2,(H2,14,16)(H,15,17). The fourth-order valence-corrected chi connectivity index (χ4v) is 2.03. The number of nitrogens with two attached hydrogens (primary N) is 1. The van der Waals surface area contributed by atoms with E-state index in [0.717, 1.165) is 0 Å². The van der Waals surface area contributed by atoms with Crippen molar-refractivity contribution in [2.75, 3.05) is 5.73 Å². The Kier molecular flexibility index (Phi) is 3.88. The number of anilines is 1. The normalized spacial score (nSPS) is 10.3. The second kappa shape index (κ2) is 5.59. The average molecular weight is 265 g/mol. The van der Waals surface area contributed by atoms with Crippen LogP contribution in [0.2, 0.25) is 0 Å². The van der Waals surface area contributed by atoms with Crippen LogP contribution in [0.3, 0.4) is 0 Å². The van der Waals surface area contributed by atoms with Gasteiger partial charge in [0, 0.05) is 5.38 Å². The van der Waals surface area contributed by atoms with Gasteiger partial charge >= 0.3 is 0 Å². The van der Waals surface area contributed by atoms with Crippen LogP contribution in [0, 0.1) is 5.82 Å². The molecule has 0 saturated carbocycles. The Bertz CT molecular complexity index is 556. The van der Waals surface area contributed by atoms with Crippen LogP contribution in [0.15, 0.2) is 29.6 Å². The third-order valence-electron chi connectivity index (χ3n) is 2.35. The van der Waals surface area contributed by atoms with Gasteiger partial charge < -0.3 is 11.1 Å². The summed E-state index contributed by atoms with van der Waals surface area (Å²) in [6.45, 7) is 0.307. The number of amides is 1. The van der Waals surface area contributed by atoms with Gasteiger partial charge in [0.1, 0.15) is 5.82 Å². The van der Waals surface area contributed by atoms with E-state index in [1.54, 1.807) is 23.6 Å². The number of aromatic nitrogens is 1. The first kappa shape index (κ1) is 12.5. The number of rotatable bonds is 4. The van der Waals surface area contributed by atoms with Gasteiger partial charge in [0.05, 0.1) is 18.7 Å². The van der Waals surface area contributed by atoms with Crippen LogP contribution in [0.1, 0.15) is 11.3 Å². The van der Waals surface area contributed by atoms with E-state index in [4.69, 9.17) is 5.73 Å². The van der Waals surface area contributed by atoms with E-state index < -0.39 is 0 Å². The molecule has 94 valence electrons. The fraction of sp³-hybridized carbons (Fsp3) is 0.167. The van der Waals surface area contributed by atoms with Crippen molar-refractivity contribution in [3.63, 3.8) is 0 Å². The molecule has 0 aliphatic heterocycles. The molecule has 1 aromatic heterocycles. The van der Waals surface area contributed by atoms with E-state index in [1.807, 2.05) is 0 Å². The number of carbonyl (C=O) groups excluding carboxylic acids is 1. The molecule has 1 aromatic carbocycles. The number of nitrogens with one attached hydrogen (secondary N) is 1. The average Bonchev–Trinajstić information content (AvgIpc) is 2.76. The van der Waals surface area contributed by atoms with Crippen LogP contribution in [0.5, 0.6) is 0 Å². The molecule has 1 heterocycles. The summed E-state index contributed by atoms with van der Waals surface area (Å²) in [5.74, 6) is -0.614. The highest BCUT2D eigenvalue weighted by Gasteiger charge is 2.08. The number of halogens is 1. The Morgan fingerprint density at radius 3 is 2.89 bits per heavy atom. The summed E-state index contributed by atoms with van der Waals surface area (Å²) >= 11 is 1.32. The Labute approximate surface area is 108 Å². The lowest BCUT2D eigenvalue weighted by Gasteiger charge is -2.04. The fourth-order valence-electron chi connectivity index (χ4n) is 1.47. The van der Waals surface area contributed by atoms with Crippen LogP contribution >= 0.6 is 11.3 Å². The zero-order valence-corrected chi connectivity index (χ0v) is 10.3. The third kappa shape index (κ3) is 3.27. The SMILES string of the molecule is Nc1nc(CNC(=O)Cc2ccccc2F)cs1. The van der Waals surface area contributed by atoms with Crippen LogP contribution in [-0.4, -0.2) is 10.9 Å². The first-order valence-corrected chi connectivity index (χ1v) is 6.23. The minimum Gasteiger partial charge on any atom is -0.375 e. The summed E-state index contributed by atoms with van der Waals surface area (Å²) < 4.78 is 13.3. The molecule has 18 heavy (non-hydrogen) atoms. The van der Waals surface area contributed by atoms with Crippen molar-refractivity contribution in [3.05, 3.63) is 46.7 Å². The van der Waals surface area contributed by atoms with E-state index in [-0.39, 0.29) is 18.1 Å². The lowest BCUT2D eigenvalue weighted by Crippen LogP contribution is -2.25. The Balaban J connectivity index is 1.88. The lowest BCUT2D eigenvalue weighted by atomic mass is 10.1. The van der Waals surface area contributed by atoms with E-state index in [2.05, 4.69) is 10.3 Å². The molecule has 0 unspecified atom stereocenters. The quantitative estimate of drug-likeness (QED) is 0.884. The number of hydrogen-bond acceptors (Lipinski definition) is 4. The van der Waals surface area contributed by atoms with Gasteiger partial charge in [-0.1, -0.05) is 18.2 Å². The number of nitrogens with zero attached hydrogens (tertiary/aromatic N) is 1. The van der Waals surface area contributed by atoms with Gasteiger partial charge in [0.25, 0.3) is 0 Å². The van der Waals surface area contributed by atoms with Crippen LogP contribution in [-0.2, 0) is 17.8 Å². The summed E-state index contributed by atoms with van der Waals surface area (Å²) in [7, 11) is 0. The molecule has 4 nitrogen and oxygen atoms in total. The second-order valence-electron chi connectivity index (χ2n) is 3.72. The Morgan fingerprint density at radius 2 is 2.22 bits per heavy atom. The van der Waals surface area contributed by atoms with Crippen molar-refractivity contribution < 1.29 is 9.18 Å². The molecule has 0 aliphatic carbocycles. The number of nitrogen functional groups attached to an aromatic ring is 1. The highest BCUT2D eigenvalue weighted by Crippen LogP contribution is 2.11. The number of benzene rings is 1. The van der Waals surface area contributed by atoms with Crippen molar-refractivity contribution >= 4 is 22.4 Å². The number of hydrogen-bond donors (Lipinski definition) is 2. The van der Waals surface area contributed by atoms with E-state index in [9.17, 15) is 9.18 Å². The highest BCUT2D eigenvalue weighted by molar-refractivity contribution is 7.13. The maximum Gasteiger partial charge on any atom is 0.224 e. The predicted molar refractivity (Wildman–Crippen MR) is 68.5 cm³/mol. The molecule has 1 amide bonds. The number of carbonyl (C=O) groups is 1. The number of thiazole rings is 1. The van der Waals surface area contributed by atoms with Crippen LogP contribution < -0.4 is 11.1 Å². The molecule has 0 spiro atoms. The molecule has 0 aliphatic rings. The largest absolute Gasteiger partial charge is 0.375 e. The smallest absolute Gasteiger partial charge is 0.224 e. The summed E-state index contributed by atoms with van der Waals surface area (Å²) in [4.78, 5) is 15.6. The maximum absolute atomic E-state index is 13.3. The van der Waals surface area contributed by atoms with Gasteiger partial charge in [-0.05, 0) is 11.6 Å². The Hall–Kier alpha value is -1.95. The summed E-state index contributed by atoms with van der Waals surface area (Å²) in [5.41, 5.74) is 6.56. The van der Waals surface area contributed by atoms with Gasteiger partial charge in [0.15, 0.2) is 5.13 Å². The van der Waals surface area contributed by atoms with Crippen molar-refractivity contribution in [1.29, 1.82) is 0 Å². The van der Waals surface area contributed by atoms with E-state index >= 15 is 0 Å². The molecular weight excluding hydrogens is 253 g/mol. The van der Waals surface area contributed by atoms with Crippen molar-refractivity contribution in [2.24, 2.45) is 0 Å². The van der Waals surface area contributed by atoms with Gasteiger partial charge in [0.2, 0.25) is 5.91 Å². The van der Waals surface area contributed by atoms with Gasteiger partial charge in [-0.3, -0.25) is 4.79 Å². The van der Waals surface area contributed by atoms with Gasteiger partial charge in [-0.15, -0.1) is 11.3 Å². The molecule has 0 saturated heterocycles. The van der Waals surface area contributed by atoms with Crippen LogP contribution in [0.25, 0.3) is 0 Å². The second-order valence-corrected chi connectivity index (χ2v) is 4.61. The Morgan fingerprint density at radius 1 is 1.44 bits per heavy atom. The molecular formula is C12H12FN3OS. The van der Waals surface area contributed by atoms with Gasteiger partial charge in [-0.25, -0.2) is 9.37 Å². The topological polar surface area (TPSA) is 68.0 Å². The monoisotopic (exact) mass is 265 g/mol. The zero-order chi connectivity index (χ0) is 13.0. The molecule has 0 atom stereocenters. The summed E-state index contributed by atoms with van der Waals surface area (Å²) in [5, 5.41) is 4.91. The van der Waals surface area contributed by atoms with E-state index in [0.29, 0.717) is 22.9 Å². The minimum atomic E-state index is -0.370. The third-order valence-corrected chi connectivity index (χ3v) is 3.07. The molecule has 2 rings (SSSR count). The first-order valence-electron chi connectivity index (χ1n) is 5.35. The lowest BCUT2D eigenvalue weighted by molar-refractivity contribution is -0.120. The molecule has 6 heteroatoms. The van der Waals surface area contributed by atoms with Crippen molar-refractivity contribution in [1.82, 2.24) is 10.3 Å². The molecule has 0 bridgehead atoms. The minimum absolute atomic E-state index is 0.0201. The molecule has 2 aromatic rings. The molecule has 3 N–H and O–H groups in total. The van der Waals surface area contributed by atoms with Crippen molar-refractivity contribution in [2.45, 2.75) is 13.0 Å².